The first-order valence-electron chi connectivity index (χ1n) is 8.43. The molecule has 1 unspecified atom stereocenters. The van der Waals surface area contributed by atoms with E-state index in [0.29, 0.717) is 5.56 Å². The molecule has 0 aliphatic rings. The molecular formula is C19H23ClN2O3S. The second-order valence-electron chi connectivity index (χ2n) is 6.28. The van der Waals surface area contributed by atoms with Crippen molar-refractivity contribution < 1.29 is 13.2 Å². The number of benzene rings is 2. The van der Waals surface area contributed by atoms with E-state index in [2.05, 4.69) is 17.0 Å². The topological polar surface area (TPSA) is 75.3 Å². The van der Waals surface area contributed by atoms with Gasteiger partial charge in [-0.2, -0.15) is 0 Å². The first kappa shape index (κ1) is 20.3. The summed E-state index contributed by atoms with van der Waals surface area (Å²) in [6, 6.07) is 11.1. The lowest BCUT2D eigenvalue weighted by Gasteiger charge is -2.14. The maximum absolute atomic E-state index is 12.5. The molecule has 0 radical (unpaired) electrons. The fourth-order valence-corrected chi connectivity index (χ4v) is 3.84. The van der Waals surface area contributed by atoms with E-state index in [1.165, 1.54) is 24.3 Å². The Kier molecular flexibility index (Phi) is 6.67. The van der Waals surface area contributed by atoms with Crippen LogP contribution in [0.25, 0.3) is 0 Å². The second kappa shape index (κ2) is 8.56. The Morgan fingerprint density at radius 2 is 1.81 bits per heavy atom. The van der Waals surface area contributed by atoms with Gasteiger partial charge in [-0.1, -0.05) is 42.6 Å². The molecule has 0 aliphatic heterocycles. The van der Waals surface area contributed by atoms with Crippen LogP contribution in [-0.4, -0.2) is 20.4 Å². The average molecular weight is 395 g/mol. The van der Waals surface area contributed by atoms with Gasteiger partial charge in [0, 0.05) is 11.6 Å². The van der Waals surface area contributed by atoms with Gasteiger partial charge in [0.2, 0.25) is 0 Å². The Bertz CT molecular complexity index is 880. The van der Waals surface area contributed by atoms with Gasteiger partial charge in [-0.25, -0.2) is 8.42 Å². The fraction of sp³-hybridized carbons (Fsp3) is 0.316. The summed E-state index contributed by atoms with van der Waals surface area (Å²) in [5, 5.41) is 3.05. The summed E-state index contributed by atoms with van der Waals surface area (Å²) < 4.78 is 27.4. The highest BCUT2D eigenvalue weighted by Gasteiger charge is 2.17. The number of nitrogens with one attached hydrogen (secondary N) is 2. The Morgan fingerprint density at radius 3 is 2.38 bits per heavy atom. The van der Waals surface area contributed by atoms with E-state index < -0.39 is 10.0 Å². The summed E-state index contributed by atoms with van der Waals surface area (Å²) in [6.45, 7) is 5.87. The third kappa shape index (κ3) is 5.22. The van der Waals surface area contributed by atoms with Crippen molar-refractivity contribution in [3.63, 3.8) is 0 Å². The molecule has 0 aliphatic carbocycles. The van der Waals surface area contributed by atoms with Crippen LogP contribution in [0.15, 0.2) is 47.4 Å². The molecular weight excluding hydrogens is 372 g/mol. The fourth-order valence-electron chi connectivity index (χ4n) is 2.47. The molecule has 2 aromatic rings. The summed E-state index contributed by atoms with van der Waals surface area (Å²) in [5.41, 5.74) is 1.58. The highest BCUT2D eigenvalue weighted by atomic mass is 35.5. The third-order valence-electron chi connectivity index (χ3n) is 3.91. The van der Waals surface area contributed by atoms with Gasteiger partial charge in [0.25, 0.3) is 15.9 Å². The van der Waals surface area contributed by atoms with Crippen LogP contribution in [0, 0.1) is 6.92 Å². The van der Waals surface area contributed by atoms with Crippen LogP contribution in [0.4, 0.5) is 5.69 Å². The van der Waals surface area contributed by atoms with Gasteiger partial charge in [0.05, 0.1) is 15.6 Å². The molecule has 0 bridgehead atoms. The molecule has 7 heteroatoms. The predicted molar refractivity (Wildman–Crippen MR) is 105 cm³/mol. The van der Waals surface area contributed by atoms with Crippen LogP contribution >= 0.6 is 11.6 Å². The zero-order chi connectivity index (χ0) is 19.3. The van der Waals surface area contributed by atoms with Crippen LogP contribution in [0.2, 0.25) is 5.02 Å². The van der Waals surface area contributed by atoms with Crippen molar-refractivity contribution in [1.29, 1.82) is 0 Å². The maximum atomic E-state index is 12.5. The average Bonchev–Trinajstić information content (AvgIpc) is 2.57. The normalized spacial score (nSPS) is 12.5. The van der Waals surface area contributed by atoms with Gasteiger partial charge in [0.1, 0.15) is 0 Å². The van der Waals surface area contributed by atoms with Crippen molar-refractivity contribution in [3.8, 4) is 0 Å². The molecule has 0 heterocycles. The summed E-state index contributed by atoms with van der Waals surface area (Å²) in [4.78, 5) is 12.4. The number of halogens is 1. The van der Waals surface area contributed by atoms with Gasteiger partial charge >= 0.3 is 0 Å². The van der Waals surface area contributed by atoms with E-state index >= 15 is 0 Å². The number of amides is 1. The molecule has 1 amide bonds. The number of hydrogen-bond acceptors (Lipinski definition) is 3. The lowest BCUT2D eigenvalue weighted by atomic mass is 10.1. The van der Waals surface area contributed by atoms with Gasteiger partial charge in [-0.15, -0.1) is 0 Å². The quantitative estimate of drug-likeness (QED) is 0.732. The zero-order valence-electron chi connectivity index (χ0n) is 15.0. The second-order valence-corrected chi connectivity index (χ2v) is 8.37. The number of rotatable bonds is 7. The molecule has 140 valence electrons. The highest BCUT2D eigenvalue weighted by molar-refractivity contribution is 7.92. The molecule has 0 aromatic heterocycles. The van der Waals surface area contributed by atoms with E-state index in [0.717, 1.165) is 18.4 Å². The van der Waals surface area contributed by atoms with Crippen molar-refractivity contribution in [1.82, 2.24) is 5.32 Å². The summed E-state index contributed by atoms with van der Waals surface area (Å²) in [6.07, 6.45) is 1.86. The van der Waals surface area contributed by atoms with Crippen molar-refractivity contribution in [2.45, 2.75) is 44.6 Å². The van der Waals surface area contributed by atoms with Crippen molar-refractivity contribution in [2.24, 2.45) is 0 Å². The standard InChI is InChI=1S/C19H23ClN2O3S/c1-4-5-14(3)21-19(23)15-8-11-18(17(20)12-15)22-26(24,25)16-9-6-13(2)7-10-16/h6-12,14,22H,4-5H2,1-3H3,(H,21,23). The van der Waals surface area contributed by atoms with E-state index in [9.17, 15) is 13.2 Å². The molecule has 0 saturated carbocycles. The number of carbonyl (C=O) groups excluding carboxylic acids is 1. The molecule has 0 fully saturated rings. The molecule has 5 nitrogen and oxygen atoms in total. The molecule has 0 spiro atoms. The minimum absolute atomic E-state index is 0.0611. The first-order valence-corrected chi connectivity index (χ1v) is 10.3. The van der Waals surface area contributed by atoms with Gasteiger partial charge in [-0.05, 0) is 50.6 Å². The maximum Gasteiger partial charge on any atom is 0.261 e. The summed E-state index contributed by atoms with van der Waals surface area (Å²) in [5.74, 6) is -0.235. The van der Waals surface area contributed by atoms with Gasteiger partial charge < -0.3 is 5.32 Å². The van der Waals surface area contributed by atoms with Crippen LogP contribution in [0.3, 0.4) is 0 Å². The van der Waals surface area contributed by atoms with Crippen molar-refractivity contribution in [2.75, 3.05) is 4.72 Å². The monoisotopic (exact) mass is 394 g/mol. The van der Waals surface area contributed by atoms with Crippen LogP contribution in [0.1, 0.15) is 42.6 Å². The highest BCUT2D eigenvalue weighted by Crippen LogP contribution is 2.26. The lowest BCUT2D eigenvalue weighted by Crippen LogP contribution is -2.32. The molecule has 0 saturated heterocycles. The van der Waals surface area contributed by atoms with E-state index in [4.69, 9.17) is 11.6 Å². The Labute approximate surface area is 159 Å². The van der Waals surface area contributed by atoms with Gasteiger partial charge in [0.15, 0.2) is 0 Å². The van der Waals surface area contributed by atoms with E-state index in [-0.39, 0.29) is 27.6 Å². The minimum Gasteiger partial charge on any atom is -0.350 e. The third-order valence-corrected chi connectivity index (χ3v) is 5.60. The number of anilines is 1. The predicted octanol–water partition coefficient (Wildman–Crippen LogP) is 4.37. The van der Waals surface area contributed by atoms with Crippen molar-refractivity contribution in [3.05, 3.63) is 58.6 Å². The largest absolute Gasteiger partial charge is 0.350 e. The van der Waals surface area contributed by atoms with Crippen LogP contribution in [0.5, 0.6) is 0 Å². The zero-order valence-corrected chi connectivity index (χ0v) is 16.6. The van der Waals surface area contributed by atoms with E-state index in [1.807, 2.05) is 13.8 Å². The SMILES string of the molecule is CCCC(C)NC(=O)c1ccc(NS(=O)(=O)c2ccc(C)cc2)c(Cl)c1. The summed E-state index contributed by atoms with van der Waals surface area (Å²) in [7, 11) is -3.75. The molecule has 2 rings (SSSR count). The Morgan fingerprint density at radius 1 is 1.15 bits per heavy atom. The Balaban J connectivity index is 2.16. The molecule has 26 heavy (non-hydrogen) atoms. The number of aryl methyl sites for hydroxylation is 1. The number of hydrogen-bond donors (Lipinski definition) is 2. The van der Waals surface area contributed by atoms with Crippen molar-refractivity contribution >= 4 is 33.2 Å². The molecule has 2 N–H and O–H groups in total. The summed E-state index contributed by atoms with van der Waals surface area (Å²) >= 11 is 6.18. The Hall–Kier alpha value is -2.05. The smallest absolute Gasteiger partial charge is 0.261 e. The van der Waals surface area contributed by atoms with Crippen LogP contribution < -0.4 is 10.0 Å². The molecule has 1 atom stereocenters. The minimum atomic E-state index is -3.75. The first-order chi connectivity index (χ1) is 12.2. The number of carbonyl (C=O) groups is 1. The number of sulfonamides is 1. The van der Waals surface area contributed by atoms with Crippen LogP contribution in [-0.2, 0) is 10.0 Å². The van der Waals surface area contributed by atoms with E-state index in [1.54, 1.807) is 18.2 Å². The van der Waals surface area contributed by atoms with Gasteiger partial charge in [-0.3, -0.25) is 9.52 Å². The molecule has 2 aromatic carbocycles. The lowest BCUT2D eigenvalue weighted by molar-refractivity contribution is 0.0938.